The largest absolute Gasteiger partial charge is 0.496 e. The third-order valence-electron chi connectivity index (χ3n) is 3.34. The predicted molar refractivity (Wildman–Crippen MR) is 85.2 cm³/mol. The number of ether oxygens (including phenoxy) is 1. The van der Waals surface area contributed by atoms with Crippen LogP contribution in [0, 0.1) is 0 Å². The van der Waals surface area contributed by atoms with Crippen LogP contribution in [-0.4, -0.2) is 19.6 Å². The van der Waals surface area contributed by atoms with Crippen molar-refractivity contribution in [3.63, 3.8) is 0 Å². The van der Waals surface area contributed by atoms with Crippen molar-refractivity contribution >= 4 is 17.5 Å². The lowest BCUT2D eigenvalue weighted by atomic mass is 10.0. The first kappa shape index (κ1) is 15.4. The average Bonchev–Trinajstić information content (AvgIpc) is 2.53. The molecule has 2 aromatic rings. The maximum Gasteiger partial charge on any atom is 0.255 e. The minimum Gasteiger partial charge on any atom is -0.496 e. The van der Waals surface area contributed by atoms with E-state index in [2.05, 4.69) is 24.4 Å². The molecule has 0 aliphatic heterocycles. The van der Waals surface area contributed by atoms with Crippen molar-refractivity contribution in [3.8, 4) is 5.75 Å². The van der Waals surface area contributed by atoms with Crippen molar-refractivity contribution in [2.24, 2.45) is 0 Å². The maximum absolute atomic E-state index is 12.3. The van der Waals surface area contributed by atoms with Gasteiger partial charge in [-0.15, -0.1) is 0 Å². The smallest absolute Gasteiger partial charge is 0.255 e. The van der Waals surface area contributed by atoms with Gasteiger partial charge in [0.1, 0.15) is 5.75 Å². The summed E-state index contributed by atoms with van der Waals surface area (Å²) < 4.78 is 5.19. The lowest BCUT2D eigenvalue weighted by molar-refractivity contribution is 0.0948. The number of hydrogen-bond acceptors (Lipinski definition) is 2. The molecule has 0 saturated heterocycles. The van der Waals surface area contributed by atoms with Gasteiger partial charge in [0.15, 0.2) is 0 Å². The van der Waals surface area contributed by atoms with E-state index < -0.39 is 0 Å². The van der Waals surface area contributed by atoms with Gasteiger partial charge >= 0.3 is 0 Å². The molecule has 0 fully saturated rings. The molecule has 2 aromatic carbocycles. The van der Waals surface area contributed by atoms with E-state index >= 15 is 0 Å². The number of carbonyl (C=O) groups is 1. The molecule has 0 aliphatic carbocycles. The predicted octanol–water partition coefficient (Wildman–Crippen LogP) is 3.88. The van der Waals surface area contributed by atoms with Gasteiger partial charge in [0.2, 0.25) is 0 Å². The molecule has 0 saturated carbocycles. The molecule has 110 valence electrons. The summed E-state index contributed by atoms with van der Waals surface area (Å²) in [5, 5.41) is 3.43. The van der Waals surface area contributed by atoms with Gasteiger partial charge in [-0.05, 0) is 29.7 Å². The number of hydrogen-bond donors (Lipinski definition) is 1. The Morgan fingerprint density at radius 3 is 2.62 bits per heavy atom. The highest BCUT2D eigenvalue weighted by Gasteiger charge is 2.14. The Bertz CT molecular complexity index is 613. The fourth-order valence-electron chi connectivity index (χ4n) is 2.10. The zero-order valence-electron chi connectivity index (χ0n) is 12.1. The number of amides is 1. The van der Waals surface area contributed by atoms with Gasteiger partial charge in [0, 0.05) is 11.6 Å². The quantitative estimate of drug-likeness (QED) is 0.910. The molecule has 0 aliphatic rings. The summed E-state index contributed by atoms with van der Waals surface area (Å²) in [6.45, 7) is 2.63. The van der Waals surface area contributed by atoms with Crippen molar-refractivity contribution in [1.29, 1.82) is 0 Å². The zero-order valence-corrected chi connectivity index (χ0v) is 12.9. The van der Waals surface area contributed by atoms with Crippen molar-refractivity contribution in [2.75, 3.05) is 13.7 Å². The molecule has 0 bridgehead atoms. The van der Waals surface area contributed by atoms with Crippen LogP contribution in [0.1, 0.15) is 28.8 Å². The average molecular weight is 304 g/mol. The van der Waals surface area contributed by atoms with Crippen molar-refractivity contribution < 1.29 is 9.53 Å². The molecule has 0 unspecified atom stereocenters. The molecule has 4 heteroatoms. The highest BCUT2D eigenvalue weighted by atomic mass is 35.5. The van der Waals surface area contributed by atoms with Crippen LogP contribution in [0.4, 0.5) is 0 Å². The van der Waals surface area contributed by atoms with E-state index in [4.69, 9.17) is 16.3 Å². The first-order chi connectivity index (χ1) is 10.1. The zero-order chi connectivity index (χ0) is 15.2. The highest BCUT2D eigenvalue weighted by Crippen LogP contribution is 2.22. The molecule has 1 atom stereocenters. The van der Waals surface area contributed by atoms with Crippen LogP contribution in [0.25, 0.3) is 0 Å². The van der Waals surface area contributed by atoms with Gasteiger partial charge in [-0.25, -0.2) is 0 Å². The number of carbonyl (C=O) groups excluding carboxylic acids is 1. The number of methoxy groups -OCH3 is 1. The van der Waals surface area contributed by atoms with Crippen molar-refractivity contribution in [2.45, 2.75) is 12.8 Å². The Hall–Kier alpha value is -2.00. The molecule has 1 amide bonds. The van der Waals surface area contributed by atoms with Crippen molar-refractivity contribution in [1.82, 2.24) is 5.32 Å². The van der Waals surface area contributed by atoms with Crippen LogP contribution >= 0.6 is 11.6 Å². The lowest BCUT2D eigenvalue weighted by Gasteiger charge is -2.14. The minimum atomic E-state index is -0.183. The van der Waals surface area contributed by atoms with Gasteiger partial charge in [0.05, 0.1) is 12.7 Å². The summed E-state index contributed by atoms with van der Waals surface area (Å²) in [5.74, 6) is 0.571. The van der Waals surface area contributed by atoms with E-state index in [-0.39, 0.29) is 11.8 Å². The molecular formula is C17H18ClNO2. The van der Waals surface area contributed by atoms with E-state index in [1.807, 2.05) is 18.2 Å². The standard InChI is InChI=1S/C17H18ClNO2/c1-12(13-6-4-3-5-7-13)11-19-17(20)15-10-14(18)8-9-16(15)21-2/h3-10,12H,11H2,1-2H3,(H,19,20)/t12-/m1/s1. The van der Waals surface area contributed by atoms with Crippen LogP contribution in [0.2, 0.25) is 5.02 Å². The Labute approximate surface area is 129 Å². The first-order valence-electron chi connectivity index (χ1n) is 6.78. The molecule has 2 rings (SSSR count). The fourth-order valence-corrected chi connectivity index (χ4v) is 2.27. The Balaban J connectivity index is 2.04. The normalized spacial score (nSPS) is 11.8. The second-order valence-corrected chi connectivity index (χ2v) is 5.30. The minimum absolute atomic E-state index is 0.183. The van der Waals surface area contributed by atoms with Crippen LogP contribution < -0.4 is 10.1 Å². The summed E-state index contributed by atoms with van der Waals surface area (Å²) in [5.41, 5.74) is 1.64. The summed E-state index contributed by atoms with van der Waals surface area (Å²) in [6, 6.07) is 15.1. The number of nitrogens with one attached hydrogen (secondary N) is 1. The summed E-state index contributed by atoms with van der Waals surface area (Å²) in [7, 11) is 1.53. The third kappa shape index (κ3) is 3.99. The van der Waals surface area contributed by atoms with Gasteiger partial charge in [-0.2, -0.15) is 0 Å². The van der Waals surface area contributed by atoms with Crippen molar-refractivity contribution in [3.05, 3.63) is 64.7 Å². The second-order valence-electron chi connectivity index (χ2n) is 4.87. The van der Waals surface area contributed by atoms with E-state index in [9.17, 15) is 4.79 Å². The van der Waals surface area contributed by atoms with Crippen LogP contribution in [0.3, 0.4) is 0 Å². The van der Waals surface area contributed by atoms with E-state index in [1.165, 1.54) is 12.7 Å². The molecule has 3 nitrogen and oxygen atoms in total. The monoisotopic (exact) mass is 303 g/mol. The summed E-state index contributed by atoms with van der Waals surface area (Å²) in [6.07, 6.45) is 0. The molecule has 0 heterocycles. The summed E-state index contributed by atoms with van der Waals surface area (Å²) >= 11 is 5.94. The fraction of sp³-hybridized carbons (Fsp3) is 0.235. The van der Waals surface area contributed by atoms with Crippen LogP contribution in [0.5, 0.6) is 5.75 Å². The number of rotatable bonds is 5. The SMILES string of the molecule is COc1ccc(Cl)cc1C(=O)NC[C@@H](C)c1ccccc1. The maximum atomic E-state index is 12.3. The molecule has 21 heavy (non-hydrogen) atoms. The third-order valence-corrected chi connectivity index (χ3v) is 3.58. The number of halogens is 1. The van der Waals surface area contributed by atoms with Gasteiger partial charge in [-0.3, -0.25) is 4.79 Å². The molecular weight excluding hydrogens is 286 g/mol. The van der Waals surface area contributed by atoms with Gasteiger partial charge in [-0.1, -0.05) is 48.9 Å². The summed E-state index contributed by atoms with van der Waals surface area (Å²) in [4.78, 5) is 12.3. The lowest BCUT2D eigenvalue weighted by Crippen LogP contribution is -2.27. The first-order valence-corrected chi connectivity index (χ1v) is 7.16. The Kier molecular flexibility index (Phi) is 5.23. The van der Waals surface area contributed by atoms with Gasteiger partial charge in [0.25, 0.3) is 5.91 Å². The van der Waals surface area contributed by atoms with E-state index in [1.54, 1.807) is 18.2 Å². The van der Waals surface area contributed by atoms with Crippen LogP contribution in [-0.2, 0) is 0 Å². The van der Waals surface area contributed by atoms with E-state index in [0.717, 1.165) is 0 Å². The Morgan fingerprint density at radius 1 is 1.24 bits per heavy atom. The molecule has 0 aromatic heterocycles. The number of benzene rings is 2. The van der Waals surface area contributed by atoms with Gasteiger partial charge < -0.3 is 10.1 Å². The topological polar surface area (TPSA) is 38.3 Å². The highest BCUT2D eigenvalue weighted by molar-refractivity contribution is 6.31. The molecule has 1 N–H and O–H groups in total. The second kappa shape index (κ2) is 7.14. The van der Waals surface area contributed by atoms with Crippen LogP contribution in [0.15, 0.2) is 48.5 Å². The Morgan fingerprint density at radius 2 is 1.95 bits per heavy atom. The molecule has 0 spiro atoms. The molecule has 0 radical (unpaired) electrons. The van der Waals surface area contributed by atoms with E-state index in [0.29, 0.717) is 22.9 Å².